The highest BCUT2D eigenvalue weighted by Crippen LogP contribution is 2.43. The Morgan fingerprint density at radius 1 is 1.42 bits per heavy atom. The zero-order valence-corrected chi connectivity index (χ0v) is 8.24. The normalized spacial score (nSPS) is 32.2. The summed E-state index contributed by atoms with van der Waals surface area (Å²) in [6.07, 6.45) is 6.33. The van der Waals surface area contributed by atoms with Gasteiger partial charge in [-0.2, -0.15) is 0 Å². The van der Waals surface area contributed by atoms with Gasteiger partial charge >= 0.3 is 0 Å². The van der Waals surface area contributed by atoms with E-state index in [1.54, 1.807) is 0 Å². The fraction of sp³-hybridized carbons (Fsp3) is 1.00. The molecule has 1 saturated carbocycles. The van der Waals surface area contributed by atoms with Gasteiger partial charge in [0.15, 0.2) is 0 Å². The summed E-state index contributed by atoms with van der Waals surface area (Å²) in [5.41, 5.74) is 5.94. The second-order valence-electron chi connectivity index (χ2n) is 3.98. The predicted molar refractivity (Wildman–Crippen MR) is 51.6 cm³/mol. The highest BCUT2D eigenvalue weighted by Gasteiger charge is 2.41. The van der Waals surface area contributed by atoms with Crippen molar-refractivity contribution < 1.29 is 4.74 Å². The molecule has 0 amide bonds. The van der Waals surface area contributed by atoms with E-state index in [2.05, 4.69) is 0 Å². The molecule has 2 rings (SSSR count). The van der Waals surface area contributed by atoms with Crippen LogP contribution in [0.4, 0.5) is 0 Å². The first-order valence-electron chi connectivity index (χ1n) is 4.69. The van der Waals surface area contributed by atoms with E-state index in [1.165, 1.54) is 32.1 Å². The predicted octanol–water partition coefficient (Wildman–Crippen LogP) is 1.72. The SMILES string of the molecule is Cl.NCC1CCOC2(CCC2)C1. The summed E-state index contributed by atoms with van der Waals surface area (Å²) in [6.45, 7) is 1.80. The van der Waals surface area contributed by atoms with Crippen molar-refractivity contribution in [3.05, 3.63) is 0 Å². The van der Waals surface area contributed by atoms with Gasteiger partial charge in [-0.3, -0.25) is 0 Å². The van der Waals surface area contributed by atoms with Crippen molar-refractivity contribution in [3.8, 4) is 0 Å². The van der Waals surface area contributed by atoms with Crippen LogP contribution in [-0.4, -0.2) is 18.8 Å². The number of halogens is 1. The van der Waals surface area contributed by atoms with Crippen LogP contribution in [0.5, 0.6) is 0 Å². The smallest absolute Gasteiger partial charge is 0.0685 e. The van der Waals surface area contributed by atoms with Gasteiger partial charge in [-0.15, -0.1) is 12.4 Å². The summed E-state index contributed by atoms with van der Waals surface area (Å²) in [5, 5.41) is 0. The maximum Gasteiger partial charge on any atom is 0.0685 e. The molecular formula is C9H18ClNO. The standard InChI is InChI=1S/C9H17NO.ClH/c10-7-8-2-5-11-9(6-8)3-1-4-9;/h8H,1-7,10H2;1H. The number of nitrogens with two attached hydrogens (primary N) is 1. The van der Waals surface area contributed by atoms with E-state index in [0.29, 0.717) is 5.60 Å². The Bertz CT molecular complexity index is 147. The second-order valence-corrected chi connectivity index (χ2v) is 3.98. The lowest BCUT2D eigenvalue weighted by atomic mass is 9.72. The molecule has 0 aromatic heterocycles. The van der Waals surface area contributed by atoms with Crippen LogP contribution in [0.1, 0.15) is 32.1 Å². The zero-order valence-electron chi connectivity index (χ0n) is 7.42. The summed E-state index contributed by atoms with van der Waals surface area (Å²) in [5.74, 6) is 0.740. The van der Waals surface area contributed by atoms with E-state index in [4.69, 9.17) is 10.5 Å². The van der Waals surface area contributed by atoms with Crippen LogP contribution in [0.3, 0.4) is 0 Å². The van der Waals surface area contributed by atoms with Crippen molar-refractivity contribution in [2.45, 2.75) is 37.7 Å². The van der Waals surface area contributed by atoms with E-state index < -0.39 is 0 Å². The highest BCUT2D eigenvalue weighted by molar-refractivity contribution is 5.85. The summed E-state index contributed by atoms with van der Waals surface area (Å²) >= 11 is 0. The van der Waals surface area contributed by atoms with E-state index in [0.717, 1.165) is 19.1 Å². The molecule has 72 valence electrons. The Morgan fingerprint density at radius 3 is 2.67 bits per heavy atom. The Morgan fingerprint density at radius 2 is 2.17 bits per heavy atom. The van der Waals surface area contributed by atoms with Crippen molar-refractivity contribution in [3.63, 3.8) is 0 Å². The maximum absolute atomic E-state index is 5.78. The lowest BCUT2D eigenvalue weighted by Crippen LogP contribution is -2.46. The fourth-order valence-electron chi connectivity index (χ4n) is 2.25. The van der Waals surface area contributed by atoms with E-state index in [9.17, 15) is 0 Å². The molecular weight excluding hydrogens is 174 g/mol. The molecule has 1 heterocycles. The molecule has 2 N–H and O–H groups in total. The summed E-state index contributed by atoms with van der Waals surface area (Å²) < 4.78 is 5.78. The molecule has 1 aliphatic carbocycles. The van der Waals surface area contributed by atoms with Crippen LogP contribution in [-0.2, 0) is 4.74 Å². The molecule has 12 heavy (non-hydrogen) atoms. The number of hydrogen-bond donors (Lipinski definition) is 1. The molecule has 1 aliphatic heterocycles. The molecule has 3 heteroatoms. The molecule has 1 saturated heterocycles. The van der Waals surface area contributed by atoms with Crippen molar-refractivity contribution >= 4 is 12.4 Å². The van der Waals surface area contributed by atoms with Crippen LogP contribution in [0.25, 0.3) is 0 Å². The summed E-state index contributed by atoms with van der Waals surface area (Å²) in [6, 6.07) is 0. The average molecular weight is 192 g/mol. The number of ether oxygens (including phenoxy) is 1. The van der Waals surface area contributed by atoms with Crippen molar-refractivity contribution in [1.29, 1.82) is 0 Å². The molecule has 2 fully saturated rings. The quantitative estimate of drug-likeness (QED) is 0.685. The van der Waals surface area contributed by atoms with Gasteiger partial charge in [-0.25, -0.2) is 0 Å². The van der Waals surface area contributed by atoms with E-state index in [1.807, 2.05) is 0 Å². The van der Waals surface area contributed by atoms with Crippen LogP contribution in [0.2, 0.25) is 0 Å². The molecule has 1 atom stereocenters. The van der Waals surface area contributed by atoms with Crippen LogP contribution in [0.15, 0.2) is 0 Å². The van der Waals surface area contributed by atoms with Gasteiger partial charge in [0, 0.05) is 6.61 Å². The first-order valence-corrected chi connectivity index (χ1v) is 4.69. The molecule has 0 aromatic carbocycles. The van der Waals surface area contributed by atoms with Gasteiger partial charge in [0.1, 0.15) is 0 Å². The minimum Gasteiger partial charge on any atom is -0.375 e. The third kappa shape index (κ3) is 1.76. The largest absolute Gasteiger partial charge is 0.375 e. The third-order valence-corrected chi connectivity index (χ3v) is 3.19. The summed E-state index contributed by atoms with van der Waals surface area (Å²) in [4.78, 5) is 0. The number of hydrogen-bond acceptors (Lipinski definition) is 2. The first kappa shape index (κ1) is 10.3. The Kier molecular flexibility index (Phi) is 3.38. The minimum absolute atomic E-state index is 0. The average Bonchev–Trinajstić information content (AvgIpc) is 2.02. The van der Waals surface area contributed by atoms with Crippen LogP contribution < -0.4 is 5.73 Å². The van der Waals surface area contributed by atoms with Gasteiger partial charge in [-0.1, -0.05) is 0 Å². The van der Waals surface area contributed by atoms with Crippen LogP contribution in [0, 0.1) is 5.92 Å². The molecule has 0 aromatic rings. The van der Waals surface area contributed by atoms with E-state index in [-0.39, 0.29) is 12.4 Å². The Hall–Kier alpha value is 0.210. The summed E-state index contributed by atoms with van der Waals surface area (Å²) in [7, 11) is 0. The maximum atomic E-state index is 5.78. The van der Waals surface area contributed by atoms with Gasteiger partial charge in [0.25, 0.3) is 0 Å². The molecule has 0 radical (unpaired) electrons. The topological polar surface area (TPSA) is 35.2 Å². The zero-order chi connectivity index (χ0) is 7.73. The number of rotatable bonds is 1. The first-order chi connectivity index (χ1) is 5.35. The molecule has 1 spiro atoms. The second kappa shape index (κ2) is 3.95. The lowest BCUT2D eigenvalue weighted by molar-refractivity contribution is -0.142. The Labute approximate surface area is 80.3 Å². The van der Waals surface area contributed by atoms with Gasteiger partial charge in [-0.05, 0) is 44.6 Å². The molecule has 2 aliphatic rings. The molecule has 0 bridgehead atoms. The molecule has 1 unspecified atom stereocenters. The van der Waals surface area contributed by atoms with E-state index >= 15 is 0 Å². The van der Waals surface area contributed by atoms with Crippen molar-refractivity contribution in [2.24, 2.45) is 11.7 Å². The van der Waals surface area contributed by atoms with Crippen molar-refractivity contribution in [2.75, 3.05) is 13.2 Å². The highest BCUT2D eigenvalue weighted by atomic mass is 35.5. The van der Waals surface area contributed by atoms with Crippen molar-refractivity contribution in [1.82, 2.24) is 0 Å². The minimum atomic E-state index is 0. The third-order valence-electron chi connectivity index (χ3n) is 3.19. The van der Waals surface area contributed by atoms with Gasteiger partial charge in [0.05, 0.1) is 5.60 Å². The Balaban J connectivity index is 0.000000720. The van der Waals surface area contributed by atoms with Crippen LogP contribution >= 0.6 is 12.4 Å². The lowest BCUT2D eigenvalue weighted by Gasteiger charge is -2.47. The van der Waals surface area contributed by atoms with Gasteiger partial charge in [0.2, 0.25) is 0 Å². The molecule has 2 nitrogen and oxygen atoms in total. The van der Waals surface area contributed by atoms with Gasteiger partial charge < -0.3 is 10.5 Å². The monoisotopic (exact) mass is 191 g/mol. The fourth-order valence-corrected chi connectivity index (χ4v) is 2.25.